The number of nitrogens with one attached hydrogen (secondary N) is 1. The Morgan fingerprint density at radius 3 is 2.50 bits per heavy atom. The van der Waals surface area contributed by atoms with Gasteiger partial charge in [-0.1, -0.05) is 43.7 Å². The van der Waals surface area contributed by atoms with Gasteiger partial charge in [-0.15, -0.1) is 0 Å². The number of hydrogen-bond acceptors (Lipinski definition) is 4. The Bertz CT molecular complexity index is 1110. The summed E-state index contributed by atoms with van der Waals surface area (Å²) in [6.07, 6.45) is 1.92. The third-order valence-corrected chi connectivity index (χ3v) is 5.69. The standard InChI is InChI=1S/C21H21NO5S/c1-2-3-13-27-19-11-12-20(18-10-5-4-9-17(18)19)28(25,26)22-16-8-6-7-15(14-16)21(23)24/h4-12,14,22H,2-3,13H2,1H3,(H,23,24). The Morgan fingerprint density at radius 1 is 1.04 bits per heavy atom. The van der Waals surface area contributed by atoms with Gasteiger partial charge in [0.2, 0.25) is 0 Å². The van der Waals surface area contributed by atoms with E-state index in [-0.39, 0.29) is 16.1 Å². The highest BCUT2D eigenvalue weighted by molar-refractivity contribution is 7.93. The third kappa shape index (κ3) is 4.26. The first-order valence-electron chi connectivity index (χ1n) is 8.93. The lowest BCUT2D eigenvalue weighted by Gasteiger charge is -2.14. The summed E-state index contributed by atoms with van der Waals surface area (Å²) < 4.78 is 34.2. The van der Waals surface area contributed by atoms with Crippen molar-refractivity contribution in [2.24, 2.45) is 0 Å². The van der Waals surface area contributed by atoms with Gasteiger partial charge < -0.3 is 9.84 Å². The van der Waals surface area contributed by atoms with Crippen molar-refractivity contribution in [1.82, 2.24) is 0 Å². The second kappa shape index (κ2) is 8.31. The van der Waals surface area contributed by atoms with Gasteiger partial charge in [0.15, 0.2) is 0 Å². The summed E-state index contributed by atoms with van der Waals surface area (Å²) in [7, 11) is -3.92. The molecule has 0 saturated carbocycles. The number of sulfonamides is 1. The smallest absolute Gasteiger partial charge is 0.335 e. The first-order valence-corrected chi connectivity index (χ1v) is 10.4. The van der Waals surface area contributed by atoms with Crippen LogP contribution < -0.4 is 9.46 Å². The van der Waals surface area contributed by atoms with E-state index in [4.69, 9.17) is 9.84 Å². The lowest BCUT2D eigenvalue weighted by Crippen LogP contribution is -2.14. The van der Waals surface area contributed by atoms with Crippen LogP contribution in [0.15, 0.2) is 65.6 Å². The van der Waals surface area contributed by atoms with Crippen molar-refractivity contribution >= 4 is 32.5 Å². The molecule has 146 valence electrons. The van der Waals surface area contributed by atoms with Crippen LogP contribution in [-0.4, -0.2) is 26.1 Å². The molecule has 0 amide bonds. The molecular weight excluding hydrogens is 378 g/mol. The molecule has 0 aliphatic rings. The number of anilines is 1. The average Bonchev–Trinajstić information content (AvgIpc) is 2.68. The molecule has 0 heterocycles. The van der Waals surface area contributed by atoms with Crippen molar-refractivity contribution in [3.05, 3.63) is 66.2 Å². The Balaban J connectivity index is 1.99. The molecule has 6 nitrogen and oxygen atoms in total. The number of carboxylic acids is 1. The number of aromatic carboxylic acids is 1. The monoisotopic (exact) mass is 399 g/mol. The van der Waals surface area contributed by atoms with E-state index < -0.39 is 16.0 Å². The molecule has 0 aromatic heterocycles. The third-order valence-electron chi connectivity index (χ3n) is 4.25. The van der Waals surface area contributed by atoms with Crippen molar-refractivity contribution in [2.75, 3.05) is 11.3 Å². The van der Waals surface area contributed by atoms with Crippen LogP contribution in [0.1, 0.15) is 30.1 Å². The molecule has 3 rings (SSSR count). The number of carboxylic acid groups (broad SMARTS) is 1. The van der Waals surface area contributed by atoms with Gasteiger partial charge >= 0.3 is 5.97 Å². The van der Waals surface area contributed by atoms with E-state index >= 15 is 0 Å². The summed E-state index contributed by atoms with van der Waals surface area (Å²) in [5, 5.41) is 10.3. The van der Waals surface area contributed by atoms with E-state index in [0.29, 0.717) is 23.1 Å². The van der Waals surface area contributed by atoms with Gasteiger partial charge in [0.25, 0.3) is 10.0 Å². The molecule has 3 aromatic carbocycles. The van der Waals surface area contributed by atoms with Crippen LogP contribution in [0.5, 0.6) is 5.75 Å². The SMILES string of the molecule is CCCCOc1ccc(S(=O)(=O)Nc2cccc(C(=O)O)c2)c2ccccc12. The van der Waals surface area contributed by atoms with E-state index in [0.717, 1.165) is 12.8 Å². The fourth-order valence-electron chi connectivity index (χ4n) is 2.86. The first kappa shape index (κ1) is 19.7. The maximum absolute atomic E-state index is 13.0. The van der Waals surface area contributed by atoms with E-state index in [9.17, 15) is 13.2 Å². The summed E-state index contributed by atoms with van der Waals surface area (Å²) in [6, 6.07) is 16.0. The van der Waals surface area contributed by atoms with Crippen LogP contribution in [0.2, 0.25) is 0 Å². The quantitative estimate of drug-likeness (QED) is 0.543. The zero-order valence-electron chi connectivity index (χ0n) is 15.4. The van der Waals surface area contributed by atoms with Gasteiger partial charge in [-0.3, -0.25) is 4.72 Å². The maximum Gasteiger partial charge on any atom is 0.335 e. The topological polar surface area (TPSA) is 92.7 Å². The number of carbonyl (C=O) groups is 1. The zero-order valence-corrected chi connectivity index (χ0v) is 16.2. The number of hydrogen-bond donors (Lipinski definition) is 2. The minimum Gasteiger partial charge on any atom is -0.493 e. The highest BCUT2D eigenvalue weighted by Crippen LogP contribution is 2.32. The molecule has 0 atom stereocenters. The molecule has 0 spiro atoms. The molecule has 0 unspecified atom stereocenters. The fraction of sp³-hybridized carbons (Fsp3) is 0.190. The van der Waals surface area contributed by atoms with Gasteiger partial charge in [-0.05, 0) is 36.8 Å². The molecule has 0 saturated heterocycles. The number of unbranched alkanes of at least 4 members (excludes halogenated alkanes) is 1. The molecule has 28 heavy (non-hydrogen) atoms. The normalized spacial score (nSPS) is 11.3. The molecule has 0 fully saturated rings. The fourth-order valence-corrected chi connectivity index (χ4v) is 4.12. The van der Waals surface area contributed by atoms with Crippen LogP contribution in [0, 0.1) is 0 Å². The first-order chi connectivity index (χ1) is 13.4. The van der Waals surface area contributed by atoms with Crippen LogP contribution in [0.4, 0.5) is 5.69 Å². The largest absolute Gasteiger partial charge is 0.493 e. The van der Waals surface area contributed by atoms with Crippen LogP contribution >= 0.6 is 0 Å². The molecule has 0 radical (unpaired) electrons. The summed E-state index contributed by atoms with van der Waals surface area (Å²) in [6.45, 7) is 2.63. The average molecular weight is 399 g/mol. The molecule has 3 aromatic rings. The number of ether oxygens (including phenoxy) is 1. The minimum absolute atomic E-state index is 0.00438. The predicted octanol–water partition coefficient (Wildman–Crippen LogP) is 4.52. The van der Waals surface area contributed by atoms with Crippen molar-refractivity contribution < 1.29 is 23.1 Å². The van der Waals surface area contributed by atoms with Crippen LogP contribution in [0.25, 0.3) is 10.8 Å². The van der Waals surface area contributed by atoms with Crippen molar-refractivity contribution in [2.45, 2.75) is 24.7 Å². The van der Waals surface area contributed by atoms with Gasteiger partial charge in [0, 0.05) is 16.5 Å². The molecule has 0 bridgehead atoms. The number of benzene rings is 3. The van der Waals surface area contributed by atoms with E-state index in [1.54, 1.807) is 18.2 Å². The lowest BCUT2D eigenvalue weighted by molar-refractivity contribution is 0.0697. The summed E-state index contributed by atoms with van der Waals surface area (Å²) >= 11 is 0. The van der Waals surface area contributed by atoms with E-state index in [2.05, 4.69) is 11.6 Å². The molecular formula is C21H21NO5S. The summed E-state index contributed by atoms with van der Waals surface area (Å²) in [5.41, 5.74) is 0.192. The Kier molecular flexibility index (Phi) is 5.84. The zero-order chi connectivity index (χ0) is 20.1. The molecule has 2 N–H and O–H groups in total. The minimum atomic E-state index is -3.92. The number of rotatable bonds is 8. The molecule has 7 heteroatoms. The highest BCUT2D eigenvalue weighted by atomic mass is 32.2. The van der Waals surface area contributed by atoms with Crippen molar-refractivity contribution in [3.8, 4) is 5.75 Å². The lowest BCUT2D eigenvalue weighted by atomic mass is 10.1. The van der Waals surface area contributed by atoms with Gasteiger partial charge in [-0.2, -0.15) is 0 Å². The van der Waals surface area contributed by atoms with E-state index in [1.807, 2.05) is 12.1 Å². The van der Waals surface area contributed by atoms with Gasteiger partial charge in [0.1, 0.15) is 5.75 Å². The number of fused-ring (bicyclic) bond motifs is 1. The van der Waals surface area contributed by atoms with Crippen LogP contribution in [-0.2, 0) is 10.0 Å². The maximum atomic E-state index is 13.0. The second-order valence-corrected chi connectivity index (χ2v) is 7.95. The Morgan fingerprint density at radius 2 is 1.79 bits per heavy atom. The predicted molar refractivity (Wildman–Crippen MR) is 109 cm³/mol. The highest BCUT2D eigenvalue weighted by Gasteiger charge is 2.20. The van der Waals surface area contributed by atoms with Crippen LogP contribution in [0.3, 0.4) is 0 Å². The molecule has 0 aliphatic heterocycles. The van der Waals surface area contributed by atoms with Gasteiger partial charge in [-0.25, -0.2) is 13.2 Å². The Labute approximate surface area is 163 Å². The van der Waals surface area contributed by atoms with Crippen molar-refractivity contribution in [1.29, 1.82) is 0 Å². The second-order valence-electron chi connectivity index (χ2n) is 6.30. The molecule has 0 aliphatic carbocycles. The van der Waals surface area contributed by atoms with Gasteiger partial charge in [0.05, 0.1) is 17.1 Å². The summed E-state index contributed by atoms with van der Waals surface area (Å²) in [4.78, 5) is 11.2. The van der Waals surface area contributed by atoms with E-state index in [1.165, 1.54) is 30.3 Å². The Hall–Kier alpha value is -3.06. The summed E-state index contributed by atoms with van der Waals surface area (Å²) in [5.74, 6) is -0.490. The van der Waals surface area contributed by atoms with Crippen molar-refractivity contribution in [3.63, 3.8) is 0 Å².